The number of carbonyl (C=O) groups excluding carboxylic acids is 2. The van der Waals surface area contributed by atoms with Gasteiger partial charge in [-0.2, -0.15) is 4.39 Å². The summed E-state index contributed by atoms with van der Waals surface area (Å²) >= 11 is 0. The summed E-state index contributed by atoms with van der Waals surface area (Å²) in [6.07, 6.45) is -1.56. The minimum Gasteiger partial charge on any atom is -0.460 e. The van der Waals surface area contributed by atoms with Crippen LogP contribution in [-0.2, 0) is 28.5 Å². The Kier molecular flexibility index (Phi) is 7.18. The average molecular weight is 322 g/mol. The van der Waals surface area contributed by atoms with E-state index >= 15 is 0 Å². The van der Waals surface area contributed by atoms with Gasteiger partial charge >= 0.3 is 11.9 Å². The number of ether oxygens (including phenoxy) is 4. The van der Waals surface area contributed by atoms with Crippen molar-refractivity contribution in [1.29, 1.82) is 0 Å². The Bertz CT molecular complexity index is 390. The van der Waals surface area contributed by atoms with E-state index in [0.29, 0.717) is 13.0 Å². The van der Waals surface area contributed by atoms with Crippen LogP contribution in [0.15, 0.2) is 0 Å². The lowest BCUT2D eigenvalue weighted by atomic mass is 10.1. The van der Waals surface area contributed by atoms with Gasteiger partial charge in [0, 0.05) is 20.3 Å². The second kappa shape index (κ2) is 8.40. The number of carbonyl (C=O) groups is 2. The highest BCUT2D eigenvalue weighted by atomic mass is 19.1. The fraction of sp³-hybridized carbons (Fsp3) is 0.857. The van der Waals surface area contributed by atoms with Crippen LogP contribution in [-0.4, -0.2) is 75.6 Å². The van der Waals surface area contributed by atoms with E-state index in [1.54, 1.807) is 14.1 Å². The van der Waals surface area contributed by atoms with Crippen LogP contribution in [0.4, 0.5) is 4.39 Å². The molecule has 1 aliphatic rings. The molecule has 1 heterocycles. The van der Waals surface area contributed by atoms with Crippen molar-refractivity contribution < 1.29 is 37.4 Å². The SMILES string of the molecule is CC(=O)OC1COC(OCC[N+](C)(C)CF)C(OC(C)=O)C1. The van der Waals surface area contributed by atoms with Crippen molar-refractivity contribution in [2.75, 3.05) is 40.7 Å². The van der Waals surface area contributed by atoms with E-state index in [-0.39, 0.29) is 17.7 Å². The third-order valence-electron chi connectivity index (χ3n) is 3.20. The van der Waals surface area contributed by atoms with Crippen LogP contribution >= 0.6 is 0 Å². The Morgan fingerprint density at radius 3 is 2.41 bits per heavy atom. The van der Waals surface area contributed by atoms with Gasteiger partial charge < -0.3 is 23.4 Å². The highest BCUT2D eigenvalue weighted by Gasteiger charge is 2.36. The second-order valence-electron chi connectivity index (χ2n) is 5.97. The first-order valence-corrected chi connectivity index (χ1v) is 7.19. The Balaban J connectivity index is 2.53. The molecule has 1 fully saturated rings. The van der Waals surface area contributed by atoms with Crippen molar-refractivity contribution >= 4 is 11.9 Å². The monoisotopic (exact) mass is 322 g/mol. The Hall–Kier alpha value is -1.25. The molecule has 0 bridgehead atoms. The van der Waals surface area contributed by atoms with E-state index in [0.717, 1.165) is 0 Å². The van der Waals surface area contributed by atoms with Gasteiger partial charge in [0.05, 0.1) is 27.3 Å². The number of alkyl halides is 1. The standard InChI is InChI=1S/C14H25FNO6/c1-10(17)21-12-7-13(22-11(2)18)14(20-8-12)19-6-5-16(3,4)9-15/h12-14H,5-9H2,1-4H3/q+1. The summed E-state index contributed by atoms with van der Waals surface area (Å²) < 4.78 is 34.2. The zero-order valence-electron chi connectivity index (χ0n) is 13.5. The number of hydrogen-bond acceptors (Lipinski definition) is 6. The molecule has 0 amide bonds. The van der Waals surface area contributed by atoms with Gasteiger partial charge in [0.2, 0.25) is 6.80 Å². The van der Waals surface area contributed by atoms with Crippen molar-refractivity contribution in [3.63, 3.8) is 0 Å². The van der Waals surface area contributed by atoms with Crippen LogP contribution in [0, 0.1) is 0 Å². The molecule has 0 aromatic rings. The van der Waals surface area contributed by atoms with E-state index in [2.05, 4.69) is 0 Å². The molecule has 0 saturated carbocycles. The van der Waals surface area contributed by atoms with Crippen molar-refractivity contribution in [2.24, 2.45) is 0 Å². The molecule has 0 aromatic heterocycles. The lowest BCUT2D eigenvalue weighted by Crippen LogP contribution is -2.48. The topological polar surface area (TPSA) is 71.1 Å². The third-order valence-corrected chi connectivity index (χ3v) is 3.20. The first-order chi connectivity index (χ1) is 10.2. The molecule has 0 aliphatic carbocycles. The minimum absolute atomic E-state index is 0.168. The minimum atomic E-state index is -0.740. The van der Waals surface area contributed by atoms with Gasteiger partial charge in [0.25, 0.3) is 0 Å². The van der Waals surface area contributed by atoms with Crippen LogP contribution in [0.3, 0.4) is 0 Å². The van der Waals surface area contributed by atoms with Crippen LogP contribution < -0.4 is 0 Å². The molecule has 3 atom stereocenters. The molecule has 1 aliphatic heterocycles. The lowest BCUT2D eigenvalue weighted by Gasteiger charge is -2.35. The lowest BCUT2D eigenvalue weighted by molar-refractivity contribution is -0.903. The smallest absolute Gasteiger partial charge is 0.303 e. The number of quaternary nitrogens is 1. The molecule has 1 saturated heterocycles. The van der Waals surface area contributed by atoms with Crippen molar-refractivity contribution in [1.82, 2.24) is 0 Å². The fourth-order valence-electron chi connectivity index (χ4n) is 2.01. The number of nitrogens with zero attached hydrogens (tertiary/aromatic N) is 1. The molecule has 22 heavy (non-hydrogen) atoms. The number of esters is 2. The van der Waals surface area contributed by atoms with Crippen molar-refractivity contribution in [3.8, 4) is 0 Å². The van der Waals surface area contributed by atoms with Crippen LogP contribution in [0.1, 0.15) is 20.3 Å². The molecule has 0 spiro atoms. The maximum atomic E-state index is 12.7. The van der Waals surface area contributed by atoms with Crippen LogP contribution in [0.5, 0.6) is 0 Å². The second-order valence-corrected chi connectivity index (χ2v) is 5.97. The normalized spacial score (nSPS) is 25.6. The molecule has 8 heteroatoms. The van der Waals surface area contributed by atoms with Crippen molar-refractivity contribution in [3.05, 3.63) is 0 Å². The van der Waals surface area contributed by atoms with Gasteiger partial charge in [-0.3, -0.25) is 9.59 Å². The maximum Gasteiger partial charge on any atom is 0.303 e. The number of halogens is 1. The molecule has 7 nitrogen and oxygen atoms in total. The van der Waals surface area contributed by atoms with Gasteiger partial charge in [0.1, 0.15) is 12.6 Å². The van der Waals surface area contributed by atoms with Crippen molar-refractivity contribution in [2.45, 2.75) is 38.8 Å². The van der Waals surface area contributed by atoms with Gasteiger partial charge in [-0.05, 0) is 0 Å². The number of likely N-dealkylation sites (N-methyl/N-ethyl adjacent to an activating group) is 1. The van der Waals surface area contributed by atoms with Crippen LogP contribution in [0.2, 0.25) is 0 Å². The molecule has 0 N–H and O–H groups in total. The Morgan fingerprint density at radius 2 is 1.86 bits per heavy atom. The van der Waals surface area contributed by atoms with E-state index in [1.165, 1.54) is 13.8 Å². The third kappa shape index (κ3) is 6.67. The molecule has 128 valence electrons. The highest BCUT2D eigenvalue weighted by Crippen LogP contribution is 2.21. The maximum absolute atomic E-state index is 12.7. The summed E-state index contributed by atoms with van der Waals surface area (Å²) in [5, 5.41) is 0. The van der Waals surface area contributed by atoms with Gasteiger partial charge in [-0.1, -0.05) is 0 Å². The van der Waals surface area contributed by atoms with Gasteiger partial charge in [-0.25, -0.2) is 0 Å². The van der Waals surface area contributed by atoms with E-state index < -0.39 is 37.2 Å². The summed E-state index contributed by atoms with van der Waals surface area (Å²) in [5.41, 5.74) is 0. The summed E-state index contributed by atoms with van der Waals surface area (Å²) in [5.74, 6) is -0.887. The summed E-state index contributed by atoms with van der Waals surface area (Å²) in [7, 11) is 3.48. The molecule has 1 rings (SSSR count). The Morgan fingerprint density at radius 1 is 1.23 bits per heavy atom. The molecule has 0 aromatic carbocycles. The van der Waals surface area contributed by atoms with Gasteiger partial charge in [0.15, 0.2) is 12.4 Å². The first kappa shape index (κ1) is 18.8. The fourth-order valence-corrected chi connectivity index (χ4v) is 2.01. The zero-order chi connectivity index (χ0) is 16.8. The molecule has 0 radical (unpaired) electrons. The summed E-state index contributed by atoms with van der Waals surface area (Å²) in [6.45, 7) is 2.98. The summed E-state index contributed by atoms with van der Waals surface area (Å²) in [4.78, 5) is 22.2. The van der Waals surface area contributed by atoms with Gasteiger partial charge in [-0.15, -0.1) is 0 Å². The molecule has 3 unspecified atom stereocenters. The summed E-state index contributed by atoms with van der Waals surface area (Å²) in [6, 6.07) is 0. The van der Waals surface area contributed by atoms with Crippen LogP contribution in [0.25, 0.3) is 0 Å². The number of rotatable bonds is 7. The van der Waals surface area contributed by atoms with E-state index in [4.69, 9.17) is 18.9 Å². The highest BCUT2D eigenvalue weighted by molar-refractivity contribution is 5.66. The predicted octanol–water partition coefficient (Wildman–Crippen LogP) is 0.616. The average Bonchev–Trinajstić information content (AvgIpc) is 2.40. The largest absolute Gasteiger partial charge is 0.460 e. The zero-order valence-corrected chi connectivity index (χ0v) is 13.5. The van der Waals surface area contributed by atoms with E-state index in [9.17, 15) is 14.0 Å². The first-order valence-electron chi connectivity index (χ1n) is 7.19. The Labute approximate surface area is 129 Å². The quantitative estimate of drug-likeness (QED) is 0.389. The predicted molar refractivity (Wildman–Crippen MR) is 74.4 cm³/mol. The van der Waals surface area contributed by atoms with E-state index in [1.807, 2.05) is 0 Å². The molecular formula is C14H25FNO6+. The molecular weight excluding hydrogens is 297 g/mol. The number of hydrogen-bond donors (Lipinski definition) is 0.